The first-order chi connectivity index (χ1) is 24.3. The number of hydrogen-bond donors (Lipinski definition) is 1. The van der Waals surface area contributed by atoms with Crippen molar-refractivity contribution in [3.05, 3.63) is 58.7 Å². The fraction of sp³-hybridized carbons (Fsp3) is 0.667. The minimum absolute atomic E-state index is 0.200. The summed E-state index contributed by atoms with van der Waals surface area (Å²) in [6.45, 7) is 10.8. The molecule has 2 aromatic carbocycles. The Hall–Kier alpha value is -2.74. The maximum atomic E-state index is 10.4. The number of carbonyl (C=O) groups is 1. The molecule has 4 aliphatic rings. The lowest BCUT2D eigenvalue weighted by molar-refractivity contribution is -0.156. The number of carbonyl (C=O) groups excluding carboxylic acids is 1. The third-order valence-electron chi connectivity index (χ3n) is 10.1. The van der Waals surface area contributed by atoms with Crippen molar-refractivity contribution in [3.63, 3.8) is 0 Å². The number of hydrogen-bond acceptors (Lipinski definition) is 9. The quantitative estimate of drug-likeness (QED) is 0.366. The second kappa shape index (κ2) is 18.8. The van der Waals surface area contributed by atoms with Crippen LogP contribution in [-0.4, -0.2) is 148 Å². The maximum absolute atomic E-state index is 10.4. The molecule has 0 bridgehead atoms. The Morgan fingerprint density at radius 3 is 1.69 bits per heavy atom. The molecule has 6 atom stereocenters. The van der Waals surface area contributed by atoms with Crippen LogP contribution in [0.1, 0.15) is 48.9 Å². The lowest BCUT2D eigenvalue weighted by Crippen LogP contribution is -2.59. The van der Waals surface area contributed by atoms with E-state index in [0.29, 0.717) is 23.9 Å². The van der Waals surface area contributed by atoms with Crippen molar-refractivity contribution in [2.75, 3.05) is 74.6 Å². The average molecular weight is 721 g/mol. The number of morpholine rings is 2. The number of likely N-dealkylation sites (N-methyl/N-ethyl adjacent to an activating group) is 2. The Morgan fingerprint density at radius 1 is 0.804 bits per heavy atom. The highest BCUT2D eigenvalue weighted by atomic mass is 19.4. The molecular weight excluding hydrogens is 661 g/mol. The smallest absolute Gasteiger partial charge is 0.446 e. The van der Waals surface area contributed by atoms with Crippen LogP contribution in [-0.2, 0) is 40.0 Å². The van der Waals surface area contributed by atoms with Crippen LogP contribution in [0, 0.1) is 0 Å². The molecule has 12 heteroatoms. The summed E-state index contributed by atoms with van der Waals surface area (Å²) >= 11 is 0. The van der Waals surface area contributed by atoms with Gasteiger partial charge in [0.2, 0.25) is 6.29 Å². The first-order valence-electron chi connectivity index (χ1n) is 18.3. The van der Waals surface area contributed by atoms with Gasteiger partial charge in [-0.3, -0.25) is 14.6 Å². The van der Waals surface area contributed by atoms with Crippen molar-refractivity contribution >= 4 is 6.29 Å². The van der Waals surface area contributed by atoms with E-state index in [4.69, 9.17) is 19.0 Å². The number of nitrogens with zero attached hydrogens (tertiary/aromatic N) is 4. The summed E-state index contributed by atoms with van der Waals surface area (Å²) < 4.78 is 49.7. The van der Waals surface area contributed by atoms with Gasteiger partial charge in [-0.2, -0.15) is 13.2 Å². The monoisotopic (exact) mass is 720 g/mol. The van der Waals surface area contributed by atoms with Crippen LogP contribution in [0.2, 0.25) is 0 Å². The molecule has 9 nitrogen and oxygen atoms in total. The second-order valence-corrected chi connectivity index (χ2v) is 14.7. The van der Waals surface area contributed by atoms with E-state index < -0.39 is 12.5 Å². The van der Waals surface area contributed by atoms with Crippen LogP contribution in [0.5, 0.6) is 11.5 Å². The normalized spacial score (nSPS) is 26.0. The number of aromatic hydroxyl groups is 1. The van der Waals surface area contributed by atoms with Crippen LogP contribution < -0.4 is 4.74 Å². The summed E-state index contributed by atoms with van der Waals surface area (Å²) in [4.78, 5) is 18.4. The number of methoxy groups -OCH3 is 1. The van der Waals surface area contributed by atoms with Gasteiger partial charge < -0.3 is 29.1 Å². The van der Waals surface area contributed by atoms with Crippen LogP contribution >= 0.6 is 0 Å². The number of phenolic OH excluding ortho intramolecular Hbond substituents is 1. The van der Waals surface area contributed by atoms with E-state index in [-0.39, 0.29) is 18.3 Å². The molecule has 2 aromatic rings. The van der Waals surface area contributed by atoms with Crippen LogP contribution in [0.15, 0.2) is 36.4 Å². The van der Waals surface area contributed by atoms with E-state index in [1.54, 1.807) is 13.2 Å². The fourth-order valence-corrected chi connectivity index (χ4v) is 8.15. The van der Waals surface area contributed by atoms with E-state index in [9.17, 15) is 18.3 Å². The van der Waals surface area contributed by atoms with E-state index in [1.165, 1.54) is 29.5 Å². The molecule has 0 aromatic heterocycles. The molecule has 6 rings (SSSR count). The number of fused-ring (bicyclic) bond motifs is 4. The topological polar surface area (TPSA) is 78.0 Å². The maximum Gasteiger partial charge on any atom is 0.446 e. The summed E-state index contributed by atoms with van der Waals surface area (Å²) in [7, 11) is 10.2. The van der Waals surface area contributed by atoms with E-state index in [0.717, 1.165) is 76.3 Å². The first kappa shape index (κ1) is 41.0. The molecule has 0 radical (unpaired) electrons. The minimum Gasteiger partial charge on any atom is -0.508 e. The van der Waals surface area contributed by atoms with Gasteiger partial charge in [0.1, 0.15) is 11.5 Å². The molecule has 286 valence electrons. The Balaban J connectivity index is 0.000000198. The van der Waals surface area contributed by atoms with Gasteiger partial charge in [0.25, 0.3) is 0 Å². The number of halogens is 3. The molecule has 0 spiro atoms. The van der Waals surface area contributed by atoms with Crippen molar-refractivity contribution in [1.82, 2.24) is 19.6 Å². The standard InChI is InChI=1S/C19H30N2O2.C18H28N2O2.C2HF3O/c1-5-9-21-13-15(12-20(2)3)23-19-11-16-14(10-17(19)21)7-6-8-18(16)22-4;1-4-8-20-12-14(11-19(2)3)22-18-10-15-13(9-16(18)20)6-5-7-17(15)21;3-2(4,5)1-6/h6-8,15,17,19H,5,9-13H2,1-4H3;5-7,14,16,18,21H,4,8-12H2,1-3H3;1H/t15-,17+,19+;14-,16+,18+;/m00./s1. The number of alkyl halides is 3. The molecule has 2 heterocycles. The molecular formula is C39H59F3N4O5. The van der Waals surface area contributed by atoms with Crippen LogP contribution in [0.25, 0.3) is 0 Å². The summed E-state index contributed by atoms with van der Waals surface area (Å²) in [5.74, 6) is 1.44. The Bertz CT molecular complexity index is 1390. The predicted octanol–water partition coefficient (Wildman–Crippen LogP) is 4.85. The fourth-order valence-electron chi connectivity index (χ4n) is 8.15. The molecule has 2 aliphatic carbocycles. The number of phenols is 1. The van der Waals surface area contributed by atoms with Crippen molar-refractivity contribution in [2.45, 2.75) is 95.0 Å². The first-order valence-corrected chi connectivity index (χ1v) is 18.3. The minimum atomic E-state index is -4.64. The Labute approximate surface area is 302 Å². The van der Waals surface area contributed by atoms with Gasteiger partial charge in [-0.25, -0.2) is 0 Å². The zero-order chi connectivity index (χ0) is 37.3. The number of benzene rings is 2. The van der Waals surface area contributed by atoms with Crippen molar-refractivity contribution in [2.24, 2.45) is 0 Å². The zero-order valence-electron chi connectivity index (χ0n) is 31.5. The molecule has 0 unspecified atom stereocenters. The van der Waals surface area contributed by atoms with E-state index >= 15 is 0 Å². The summed E-state index contributed by atoms with van der Waals surface area (Å²) in [6, 6.07) is 13.3. The predicted molar refractivity (Wildman–Crippen MR) is 194 cm³/mol. The summed E-state index contributed by atoms with van der Waals surface area (Å²) in [5.41, 5.74) is 5.15. The van der Waals surface area contributed by atoms with E-state index in [2.05, 4.69) is 85.9 Å². The highest BCUT2D eigenvalue weighted by Crippen LogP contribution is 2.36. The number of aldehydes is 1. The molecule has 2 fully saturated rings. The largest absolute Gasteiger partial charge is 0.508 e. The molecule has 0 saturated carbocycles. The lowest BCUT2D eigenvalue weighted by atomic mass is 9.83. The van der Waals surface area contributed by atoms with Gasteiger partial charge in [-0.05, 0) is 101 Å². The van der Waals surface area contributed by atoms with Gasteiger partial charge in [-0.1, -0.05) is 38.1 Å². The molecule has 1 N–H and O–H groups in total. The van der Waals surface area contributed by atoms with Gasteiger partial charge in [0, 0.05) is 51.1 Å². The second-order valence-electron chi connectivity index (χ2n) is 14.7. The summed E-state index contributed by atoms with van der Waals surface area (Å²) in [6.07, 6.45) is 1.57. The van der Waals surface area contributed by atoms with Gasteiger partial charge in [0.05, 0.1) is 31.5 Å². The molecule has 0 amide bonds. The molecule has 2 aliphatic heterocycles. The third-order valence-corrected chi connectivity index (χ3v) is 10.1. The SMILES string of the molecule is CCCN1C[C@H](CN(C)C)O[C@@H]2Cc3c(O)cccc3C[C@H]21.CCCN1C[C@H](CN(C)C)O[C@@H]2Cc3c(cccc3OC)C[C@H]21.O=CC(F)(F)F. The summed E-state index contributed by atoms with van der Waals surface area (Å²) in [5, 5.41) is 10.1. The highest BCUT2D eigenvalue weighted by molar-refractivity contribution is 5.56. The van der Waals surface area contributed by atoms with Gasteiger partial charge in [0.15, 0.2) is 0 Å². The van der Waals surface area contributed by atoms with Gasteiger partial charge in [-0.15, -0.1) is 0 Å². The van der Waals surface area contributed by atoms with Crippen LogP contribution in [0.4, 0.5) is 13.2 Å². The third kappa shape index (κ3) is 11.4. The lowest BCUT2D eigenvalue weighted by Gasteiger charge is -2.48. The molecule has 51 heavy (non-hydrogen) atoms. The Morgan fingerprint density at radius 2 is 1.25 bits per heavy atom. The number of ether oxygens (including phenoxy) is 3. The van der Waals surface area contributed by atoms with Crippen LogP contribution in [0.3, 0.4) is 0 Å². The van der Waals surface area contributed by atoms with Crippen molar-refractivity contribution < 1.29 is 37.3 Å². The zero-order valence-corrected chi connectivity index (χ0v) is 31.5. The molecule has 2 saturated heterocycles. The van der Waals surface area contributed by atoms with E-state index in [1.807, 2.05) is 6.07 Å². The average Bonchev–Trinajstić information content (AvgIpc) is 3.07. The van der Waals surface area contributed by atoms with Crippen molar-refractivity contribution in [3.8, 4) is 11.5 Å². The highest BCUT2D eigenvalue weighted by Gasteiger charge is 2.42. The van der Waals surface area contributed by atoms with Gasteiger partial charge >= 0.3 is 6.18 Å². The Kier molecular flexibility index (Phi) is 15.2. The number of rotatable bonds is 9. The van der Waals surface area contributed by atoms with Crippen molar-refractivity contribution in [1.29, 1.82) is 0 Å².